The van der Waals surface area contributed by atoms with Crippen molar-refractivity contribution >= 4 is 23.3 Å². The average Bonchev–Trinajstić information content (AvgIpc) is 2.54. The molecule has 0 aromatic carbocycles. The molecule has 0 fully saturated rings. The minimum atomic E-state index is 0.876. The van der Waals surface area contributed by atoms with Crippen LogP contribution >= 0.6 is 12.2 Å². The van der Waals surface area contributed by atoms with Gasteiger partial charge in [-0.15, -0.1) is 0 Å². The van der Waals surface area contributed by atoms with Gasteiger partial charge in [0.25, 0.3) is 0 Å². The van der Waals surface area contributed by atoms with E-state index in [4.69, 9.17) is 12.2 Å². The van der Waals surface area contributed by atoms with Crippen LogP contribution in [0.5, 0.6) is 0 Å². The van der Waals surface area contributed by atoms with Crippen LogP contribution < -0.4 is 5.43 Å². The summed E-state index contributed by atoms with van der Waals surface area (Å²) in [5.41, 5.74) is 5.65. The van der Waals surface area contributed by atoms with Crippen LogP contribution in [0.1, 0.15) is 57.9 Å². The average molecular weight is 318 g/mol. The molecule has 2 aromatic heterocycles. The third kappa shape index (κ3) is 4.29. The van der Waals surface area contributed by atoms with Gasteiger partial charge in [0.15, 0.2) is 5.65 Å². The molecule has 0 bridgehead atoms. The van der Waals surface area contributed by atoms with E-state index in [0.29, 0.717) is 0 Å². The van der Waals surface area contributed by atoms with Crippen LogP contribution in [0, 0.1) is 4.64 Å². The van der Waals surface area contributed by atoms with Gasteiger partial charge in [0.1, 0.15) is 4.64 Å². The molecule has 0 aliphatic rings. The normalized spacial score (nSPS) is 11.0. The number of pyridine rings is 2. The Bertz CT molecular complexity index is 648. The quantitative estimate of drug-likeness (QED) is 0.507. The first-order valence-electron chi connectivity index (χ1n) is 8.51. The van der Waals surface area contributed by atoms with E-state index in [1.807, 2.05) is 16.9 Å². The second-order valence-electron chi connectivity index (χ2n) is 5.80. The first-order chi connectivity index (χ1) is 10.8. The summed E-state index contributed by atoms with van der Waals surface area (Å²) in [4.78, 5) is 4.51. The highest BCUT2D eigenvalue weighted by atomic mass is 32.1. The molecule has 120 valence electrons. The SMILES string of the molecule is CCCCCCCNn1c(=S)c(CCC)cc2cccnc21. The van der Waals surface area contributed by atoms with Gasteiger partial charge in [-0.3, -0.25) is 0 Å². The molecule has 0 saturated heterocycles. The zero-order valence-corrected chi connectivity index (χ0v) is 14.6. The summed E-state index contributed by atoms with van der Waals surface area (Å²) >= 11 is 5.66. The number of aryl methyl sites for hydroxylation is 1. The lowest BCUT2D eigenvalue weighted by Crippen LogP contribution is -2.19. The fourth-order valence-electron chi connectivity index (χ4n) is 2.71. The lowest BCUT2D eigenvalue weighted by molar-refractivity contribution is 0.631. The summed E-state index contributed by atoms with van der Waals surface area (Å²) < 4.78 is 2.89. The molecular weight excluding hydrogens is 290 g/mol. The Labute approximate surface area is 138 Å². The van der Waals surface area contributed by atoms with Crippen molar-refractivity contribution in [2.75, 3.05) is 12.0 Å². The van der Waals surface area contributed by atoms with E-state index in [1.165, 1.54) is 37.7 Å². The molecule has 4 heteroatoms. The summed E-state index contributed by atoms with van der Waals surface area (Å²) in [6, 6.07) is 6.28. The molecule has 3 nitrogen and oxygen atoms in total. The predicted octanol–water partition coefficient (Wildman–Crippen LogP) is 5.23. The molecular formula is C18H27N3S. The summed E-state index contributed by atoms with van der Waals surface area (Å²) in [5, 5.41) is 1.15. The van der Waals surface area contributed by atoms with Crippen LogP contribution in [0.2, 0.25) is 0 Å². The maximum absolute atomic E-state index is 5.66. The van der Waals surface area contributed by atoms with Crippen molar-refractivity contribution < 1.29 is 0 Å². The molecule has 0 atom stereocenters. The third-order valence-corrected chi connectivity index (χ3v) is 4.35. The van der Waals surface area contributed by atoms with E-state index in [-0.39, 0.29) is 0 Å². The molecule has 2 heterocycles. The number of hydrogen-bond donors (Lipinski definition) is 1. The number of nitrogens with zero attached hydrogens (tertiary/aromatic N) is 2. The number of fused-ring (bicyclic) bond motifs is 1. The van der Waals surface area contributed by atoms with Crippen LogP contribution in [0.15, 0.2) is 24.4 Å². The minimum absolute atomic E-state index is 0.876. The highest BCUT2D eigenvalue weighted by Gasteiger charge is 2.06. The Balaban J connectivity index is 2.16. The van der Waals surface area contributed by atoms with Gasteiger partial charge in [-0.2, -0.15) is 0 Å². The van der Waals surface area contributed by atoms with Crippen molar-refractivity contribution in [3.63, 3.8) is 0 Å². The van der Waals surface area contributed by atoms with Crippen molar-refractivity contribution in [2.24, 2.45) is 0 Å². The summed E-state index contributed by atoms with van der Waals surface area (Å²) in [6.45, 7) is 5.38. The van der Waals surface area contributed by atoms with E-state index in [9.17, 15) is 0 Å². The Kier molecular flexibility index (Phi) is 6.84. The molecule has 1 N–H and O–H groups in total. The lowest BCUT2D eigenvalue weighted by atomic mass is 10.1. The van der Waals surface area contributed by atoms with Crippen molar-refractivity contribution in [2.45, 2.75) is 58.8 Å². The topological polar surface area (TPSA) is 29.9 Å². The van der Waals surface area contributed by atoms with Crippen LogP contribution in [0.3, 0.4) is 0 Å². The molecule has 0 saturated carbocycles. The van der Waals surface area contributed by atoms with Crippen LogP contribution in [0.4, 0.5) is 0 Å². The zero-order valence-electron chi connectivity index (χ0n) is 13.8. The first kappa shape index (κ1) is 16.9. The van der Waals surface area contributed by atoms with Crippen molar-refractivity contribution in [1.82, 2.24) is 9.66 Å². The van der Waals surface area contributed by atoms with Crippen LogP contribution in [0.25, 0.3) is 11.0 Å². The predicted molar refractivity (Wildman–Crippen MR) is 97.5 cm³/mol. The Morgan fingerprint density at radius 2 is 1.95 bits per heavy atom. The highest BCUT2D eigenvalue weighted by molar-refractivity contribution is 7.71. The van der Waals surface area contributed by atoms with E-state index in [1.54, 1.807) is 0 Å². The molecule has 0 amide bonds. The van der Waals surface area contributed by atoms with E-state index in [2.05, 4.69) is 36.4 Å². The van der Waals surface area contributed by atoms with Crippen LogP contribution in [-0.2, 0) is 6.42 Å². The standard InChI is InChI=1S/C18H27N3S/c1-3-5-6-7-8-13-20-21-17-15(11-9-12-19-17)14-16(10-4-2)18(21)22/h9,11-12,14,20H,3-8,10,13H2,1-2H3. The number of rotatable bonds is 9. The van der Waals surface area contributed by atoms with Gasteiger partial charge in [0.05, 0.1) is 0 Å². The third-order valence-electron chi connectivity index (χ3n) is 3.91. The minimum Gasteiger partial charge on any atom is -0.323 e. The Morgan fingerprint density at radius 3 is 2.73 bits per heavy atom. The molecule has 0 aliphatic heterocycles. The molecule has 2 rings (SSSR count). The number of nitrogens with one attached hydrogen (secondary N) is 1. The fraction of sp³-hybridized carbons (Fsp3) is 0.556. The van der Waals surface area contributed by atoms with Crippen molar-refractivity contribution in [1.29, 1.82) is 0 Å². The van der Waals surface area contributed by atoms with E-state index in [0.717, 1.165) is 35.1 Å². The van der Waals surface area contributed by atoms with Gasteiger partial charge in [-0.25, -0.2) is 9.66 Å². The summed E-state index contributed by atoms with van der Waals surface area (Å²) in [5.74, 6) is 0. The maximum atomic E-state index is 5.66. The van der Waals surface area contributed by atoms with E-state index >= 15 is 0 Å². The maximum Gasteiger partial charge on any atom is 0.159 e. The first-order valence-corrected chi connectivity index (χ1v) is 8.92. The van der Waals surface area contributed by atoms with Gasteiger partial charge in [-0.05, 0) is 36.6 Å². The molecule has 0 unspecified atom stereocenters. The highest BCUT2D eigenvalue weighted by Crippen LogP contribution is 2.16. The Hall–Kier alpha value is -1.42. The van der Waals surface area contributed by atoms with Gasteiger partial charge < -0.3 is 5.43 Å². The molecule has 0 radical (unpaired) electrons. The van der Waals surface area contributed by atoms with Crippen molar-refractivity contribution in [3.05, 3.63) is 34.6 Å². The Morgan fingerprint density at radius 1 is 1.14 bits per heavy atom. The van der Waals surface area contributed by atoms with Crippen LogP contribution in [-0.4, -0.2) is 16.2 Å². The molecule has 0 aliphatic carbocycles. The molecule has 0 spiro atoms. The number of aromatic nitrogens is 2. The zero-order chi connectivity index (χ0) is 15.8. The monoisotopic (exact) mass is 317 g/mol. The number of hydrogen-bond acceptors (Lipinski definition) is 3. The van der Waals surface area contributed by atoms with Gasteiger partial charge in [-0.1, -0.05) is 58.2 Å². The second kappa shape index (κ2) is 8.89. The number of unbranched alkanes of at least 4 members (excludes halogenated alkanes) is 4. The van der Waals surface area contributed by atoms with Crippen molar-refractivity contribution in [3.8, 4) is 0 Å². The summed E-state index contributed by atoms with van der Waals surface area (Å²) in [7, 11) is 0. The summed E-state index contributed by atoms with van der Waals surface area (Å²) in [6.07, 6.45) is 10.3. The van der Waals surface area contributed by atoms with E-state index < -0.39 is 0 Å². The van der Waals surface area contributed by atoms with Gasteiger partial charge >= 0.3 is 0 Å². The van der Waals surface area contributed by atoms with Gasteiger partial charge in [0, 0.05) is 18.1 Å². The van der Waals surface area contributed by atoms with Gasteiger partial charge in [0.2, 0.25) is 0 Å². The fourth-order valence-corrected chi connectivity index (χ4v) is 3.02. The largest absolute Gasteiger partial charge is 0.323 e. The lowest BCUT2D eigenvalue weighted by Gasteiger charge is -2.15. The molecule has 2 aromatic rings. The smallest absolute Gasteiger partial charge is 0.159 e. The second-order valence-corrected chi connectivity index (χ2v) is 6.19. The molecule has 22 heavy (non-hydrogen) atoms.